The van der Waals surface area contributed by atoms with Gasteiger partial charge < -0.3 is 19.9 Å². The molecule has 0 radical (unpaired) electrons. The van der Waals surface area contributed by atoms with E-state index in [0.29, 0.717) is 24.6 Å². The Hall–Kier alpha value is -3.62. The smallest absolute Gasteiger partial charge is 0.252 e. The van der Waals surface area contributed by atoms with Crippen molar-refractivity contribution in [3.05, 3.63) is 102 Å². The van der Waals surface area contributed by atoms with Gasteiger partial charge >= 0.3 is 0 Å². The van der Waals surface area contributed by atoms with Crippen molar-refractivity contribution in [2.45, 2.75) is 32.5 Å². The maximum atomic E-state index is 13.6. The Kier molecular flexibility index (Phi) is 7.76. The summed E-state index contributed by atoms with van der Waals surface area (Å²) < 4.78 is 15.6. The molecule has 1 atom stereocenters. The molecule has 3 aromatic carbocycles. The van der Waals surface area contributed by atoms with Gasteiger partial charge in [0.25, 0.3) is 5.91 Å². The Balaban J connectivity index is 0.00000304. The van der Waals surface area contributed by atoms with Gasteiger partial charge in [-0.1, -0.05) is 48.0 Å². The summed E-state index contributed by atoms with van der Waals surface area (Å²) in [5.74, 6) is 0.896. The van der Waals surface area contributed by atoms with E-state index >= 15 is 0 Å². The predicted molar refractivity (Wildman–Crippen MR) is 144 cm³/mol. The number of aliphatic hydroxyl groups is 1. The van der Waals surface area contributed by atoms with E-state index in [1.165, 1.54) is 12.1 Å². The van der Waals surface area contributed by atoms with Crippen molar-refractivity contribution in [3.8, 4) is 11.3 Å². The van der Waals surface area contributed by atoms with Gasteiger partial charge in [0.15, 0.2) is 0 Å². The molecule has 1 aliphatic rings. The van der Waals surface area contributed by atoms with Gasteiger partial charge in [-0.3, -0.25) is 4.79 Å². The van der Waals surface area contributed by atoms with Crippen LogP contribution >= 0.6 is 13.5 Å². The first-order valence-corrected chi connectivity index (χ1v) is 11.7. The van der Waals surface area contributed by atoms with Crippen LogP contribution in [0.5, 0.6) is 0 Å². The molecule has 0 fully saturated rings. The summed E-state index contributed by atoms with van der Waals surface area (Å²) in [4.78, 5) is 19.5. The number of imidazole rings is 1. The topological polar surface area (TPSA) is 70.4 Å². The molecule has 0 aliphatic carbocycles. The number of fused-ring (bicyclic) bond motifs is 1. The normalized spacial score (nSPS) is 13.5. The Morgan fingerprint density at radius 1 is 1.03 bits per heavy atom. The number of aliphatic hydroxyl groups excluding tert-OH is 1. The number of carbonyl (C=O) groups excluding carboxylic acids is 1. The number of hydrogen-bond acceptors (Lipinski definition) is 4. The van der Waals surface area contributed by atoms with Gasteiger partial charge in [0, 0.05) is 30.8 Å². The zero-order valence-corrected chi connectivity index (χ0v) is 21.0. The highest BCUT2D eigenvalue weighted by Gasteiger charge is 2.30. The van der Waals surface area contributed by atoms with Crippen LogP contribution in [-0.2, 0) is 24.3 Å². The van der Waals surface area contributed by atoms with Crippen LogP contribution in [0.4, 0.5) is 15.9 Å². The molecule has 1 aliphatic heterocycles. The van der Waals surface area contributed by atoms with Gasteiger partial charge in [-0.15, -0.1) is 0 Å². The number of aryl methyl sites for hydroxylation is 1. The van der Waals surface area contributed by atoms with E-state index < -0.39 is 6.10 Å². The first kappa shape index (κ1) is 25.5. The van der Waals surface area contributed by atoms with E-state index in [4.69, 9.17) is 4.98 Å². The summed E-state index contributed by atoms with van der Waals surface area (Å²) >= 11 is 0. The summed E-state index contributed by atoms with van der Waals surface area (Å²) in [6.45, 7) is 3.31. The van der Waals surface area contributed by atoms with E-state index in [2.05, 4.69) is 9.88 Å². The fourth-order valence-electron chi connectivity index (χ4n) is 4.36. The summed E-state index contributed by atoms with van der Waals surface area (Å²) in [6.07, 6.45) is -0.841. The third-order valence-electron chi connectivity index (χ3n) is 6.27. The minimum Gasteiger partial charge on any atom is -0.383 e. The van der Waals surface area contributed by atoms with Crippen molar-refractivity contribution in [2.75, 3.05) is 11.9 Å². The van der Waals surface area contributed by atoms with Crippen molar-refractivity contribution in [2.24, 2.45) is 0 Å². The highest BCUT2D eigenvalue weighted by molar-refractivity contribution is 7.59. The molecule has 0 spiro atoms. The number of nitrogens with one attached hydrogen (secondary N) is 1. The Morgan fingerprint density at radius 3 is 2.42 bits per heavy atom. The van der Waals surface area contributed by atoms with Crippen LogP contribution in [0.15, 0.2) is 78.9 Å². The van der Waals surface area contributed by atoms with Gasteiger partial charge in [0.05, 0.1) is 6.54 Å². The molecule has 0 unspecified atom stereocenters. The number of rotatable bonds is 6. The Morgan fingerprint density at radius 2 is 1.72 bits per heavy atom. The van der Waals surface area contributed by atoms with Gasteiger partial charge in [0.1, 0.15) is 29.3 Å². The lowest BCUT2D eigenvalue weighted by Gasteiger charge is -2.30. The maximum Gasteiger partial charge on any atom is 0.252 e. The zero-order chi connectivity index (χ0) is 24.4. The molecular formula is C28H29FN4O2S. The predicted octanol–water partition coefficient (Wildman–Crippen LogP) is 4.80. The molecule has 36 heavy (non-hydrogen) atoms. The maximum absolute atomic E-state index is 13.6. The summed E-state index contributed by atoms with van der Waals surface area (Å²) in [5, 5.41) is 14.1. The molecule has 8 heteroatoms. The molecule has 0 saturated heterocycles. The molecule has 6 nitrogen and oxygen atoms in total. The molecule has 0 bridgehead atoms. The molecule has 2 N–H and O–H groups in total. The van der Waals surface area contributed by atoms with Crippen LogP contribution in [0, 0.1) is 12.7 Å². The molecule has 186 valence electrons. The van der Waals surface area contributed by atoms with Gasteiger partial charge in [-0.2, -0.15) is 13.5 Å². The highest BCUT2D eigenvalue weighted by Crippen LogP contribution is 2.33. The number of amides is 1. The quantitative estimate of drug-likeness (QED) is 0.396. The van der Waals surface area contributed by atoms with Crippen LogP contribution in [-0.4, -0.2) is 38.1 Å². The molecule has 1 aromatic heterocycles. The fraction of sp³-hybridized carbons (Fsp3) is 0.214. The lowest BCUT2D eigenvalue weighted by molar-refractivity contribution is -0.141. The minimum absolute atomic E-state index is 0. The minimum atomic E-state index is -1.11. The van der Waals surface area contributed by atoms with Crippen LogP contribution in [0.2, 0.25) is 0 Å². The van der Waals surface area contributed by atoms with Crippen LogP contribution in [0.1, 0.15) is 17.0 Å². The third kappa shape index (κ3) is 5.45. The summed E-state index contributed by atoms with van der Waals surface area (Å²) in [7, 11) is 0. The first-order valence-electron chi connectivity index (χ1n) is 11.7. The lowest BCUT2D eigenvalue weighted by atomic mass is 10.1. The van der Waals surface area contributed by atoms with E-state index in [1.54, 1.807) is 17.0 Å². The van der Waals surface area contributed by atoms with Crippen molar-refractivity contribution < 1.29 is 14.3 Å². The summed E-state index contributed by atoms with van der Waals surface area (Å²) in [6, 6.07) is 23.8. The number of aromatic nitrogens is 2. The second kappa shape index (κ2) is 11.0. The second-order valence-corrected chi connectivity index (χ2v) is 8.84. The molecule has 5 rings (SSSR count). The molecular weight excluding hydrogens is 475 g/mol. The van der Waals surface area contributed by atoms with E-state index in [0.717, 1.165) is 28.2 Å². The number of halogens is 1. The van der Waals surface area contributed by atoms with Crippen LogP contribution in [0.25, 0.3) is 11.3 Å². The number of nitrogens with zero attached hydrogens (tertiary/aromatic N) is 3. The van der Waals surface area contributed by atoms with Crippen molar-refractivity contribution in [3.63, 3.8) is 0 Å². The average Bonchev–Trinajstić information content (AvgIpc) is 3.23. The zero-order valence-electron chi connectivity index (χ0n) is 20.0. The average molecular weight is 505 g/mol. The van der Waals surface area contributed by atoms with Gasteiger partial charge in [0.2, 0.25) is 0 Å². The van der Waals surface area contributed by atoms with Crippen molar-refractivity contribution >= 4 is 30.9 Å². The largest absolute Gasteiger partial charge is 0.383 e. The van der Waals surface area contributed by atoms with Crippen molar-refractivity contribution in [1.29, 1.82) is 0 Å². The van der Waals surface area contributed by atoms with Gasteiger partial charge in [-0.25, -0.2) is 9.37 Å². The number of anilines is 2. The molecule has 0 saturated carbocycles. The standard InChI is InChI=1S/C28H27FN4O2.H2S/c1-19-7-13-23(14-8-19)30-27-26(21-9-11-22(29)12-10-21)31-25-18-32(15-16-33(25)27)28(35)24(34)17-20-5-3-2-4-6-20;/h2-14,24,30,34H,15-18H2,1H3;1H2/t24-;/m0./s1. The third-order valence-corrected chi connectivity index (χ3v) is 6.27. The van der Waals surface area contributed by atoms with Crippen molar-refractivity contribution in [1.82, 2.24) is 14.5 Å². The van der Waals surface area contributed by atoms with E-state index in [9.17, 15) is 14.3 Å². The number of carbonyl (C=O) groups is 1. The fourth-order valence-corrected chi connectivity index (χ4v) is 4.36. The van der Waals surface area contributed by atoms with Gasteiger partial charge in [-0.05, 0) is 48.9 Å². The molecule has 2 heterocycles. The Bertz CT molecular complexity index is 1320. The summed E-state index contributed by atoms with van der Waals surface area (Å²) in [5.41, 5.74) is 4.46. The monoisotopic (exact) mass is 504 g/mol. The second-order valence-electron chi connectivity index (χ2n) is 8.84. The van der Waals surface area contributed by atoms with Crippen LogP contribution in [0.3, 0.4) is 0 Å². The molecule has 4 aromatic rings. The van der Waals surface area contributed by atoms with E-state index in [-0.39, 0.29) is 38.2 Å². The Labute approximate surface area is 216 Å². The van der Waals surface area contributed by atoms with E-state index in [1.807, 2.05) is 61.5 Å². The number of benzene rings is 3. The highest BCUT2D eigenvalue weighted by atomic mass is 32.1. The van der Waals surface area contributed by atoms with Crippen LogP contribution < -0.4 is 5.32 Å². The first-order chi connectivity index (χ1) is 17.0. The molecule has 1 amide bonds. The lowest BCUT2D eigenvalue weighted by Crippen LogP contribution is -2.44. The SMILES string of the molecule is Cc1ccc(Nc2c(-c3ccc(F)cc3)nc3n2CCN(C(=O)[C@@H](O)Cc2ccccc2)C3)cc1.S. The number of hydrogen-bond donors (Lipinski definition) is 2.